The minimum atomic E-state index is -0.0858. The molecule has 1 aromatic heterocycles. The lowest BCUT2D eigenvalue weighted by Crippen LogP contribution is -2.23. The number of amides is 1. The molecule has 0 bridgehead atoms. The summed E-state index contributed by atoms with van der Waals surface area (Å²) in [4.78, 5) is 15.8. The van der Waals surface area contributed by atoms with Crippen molar-refractivity contribution < 1.29 is 4.79 Å². The number of nitrogens with one attached hydrogen (secondary N) is 1. The molecular formula is C11H14N2O. The zero-order valence-electron chi connectivity index (χ0n) is 8.29. The van der Waals surface area contributed by atoms with Crippen molar-refractivity contribution in [2.45, 2.75) is 26.2 Å². The Labute approximate surface area is 83.5 Å². The van der Waals surface area contributed by atoms with E-state index in [-0.39, 0.29) is 11.3 Å². The molecular weight excluding hydrogens is 176 g/mol. The number of nitrogens with zero attached hydrogens (tertiary/aromatic N) is 1. The maximum absolute atomic E-state index is 11.8. The molecule has 0 radical (unpaired) electrons. The van der Waals surface area contributed by atoms with E-state index in [4.69, 9.17) is 0 Å². The van der Waals surface area contributed by atoms with Crippen molar-refractivity contribution in [1.29, 1.82) is 0 Å². The highest BCUT2D eigenvalue weighted by Crippen LogP contribution is 2.49. The fraction of sp³-hybridized carbons (Fsp3) is 0.455. The minimum Gasteiger partial charge on any atom is -0.310 e. The van der Waals surface area contributed by atoms with Crippen molar-refractivity contribution in [3.05, 3.63) is 24.4 Å². The van der Waals surface area contributed by atoms with Gasteiger partial charge in [0.2, 0.25) is 5.91 Å². The highest BCUT2D eigenvalue weighted by atomic mass is 16.2. The summed E-state index contributed by atoms with van der Waals surface area (Å²) in [5.41, 5.74) is -0.0858. The number of anilines is 1. The van der Waals surface area contributed by atoms with Gasteiger partial charge in [0.05, 0.1) is 0 Å². The lowest BCUT2D eigenvalue weighted by Gasteiger charge is -2.11. The highest BCUT2D eigenvalue weighted by Gasteiger charge is 2.47. The van der Waals surface area contributed by atoms with Crippen molar-refractivity contribution in [3.63, 3.8) is 0 Å². The van der Waals surface area contributed by atoms with E-state index in [9.17, 15) is 4.79 Å². The molecule has 0 saturated heterocycles. The first kappa shape index (κ1) is 9.19. The largest absolute Gasteiger partial charge is 0.310 e. The van der Waals surface area contributed by atoms with Gasteiger partial charge in [0, 0.05) is 11.6 Å². The maximum Gasteiger partial charge on any atom is 0.231 e. The van der Waals surface area contributed by atoms with Crippen LogP contribution in [0.15, 0.2) is 24.4 Å². The van der Waals surface area contributed by atoms with Gasteiger partial charge >= 0.3 is 0 Å². The quantitative estimate of drug-likeness (QED) is 0.794. The molecule has 14 heavy (non-hydrogen) atoms. The Bertz CT molecular complexity index is 330. The number of carbonyl (C=O) groups is 1. The van der Waals surface area contributed by atoms with Crippen LogP contribution in [0, 0.1) is 5.41 Å². The Kier molecular flexibility index (Phi) is 2.23. The van der Waals surface area contributed by atoms with E-state index in [1.165, 1.54) is 0 Å². The van der Waals surface area contributed by atoms with Gasteiger partial charge < -0.3 is 5.32 Å². The molecule has 1 amide bonds. The molecule has 3 heteroatoms. The molecule has 0 aromatic carbocycles. The smallest absolute Gasteiger partial charge is 0.231 e. The van der Waals surface area contributed by atoms with Crippen LogP contribution in [-0.2, 0) is 4.79 Å². The first-order valence-corrected chi connectivity index (χ1v) is 4.99. The van der Waals surface area contributed by atoms with Crippen molar-refractivity contribution in [1.82, 2.24) is 4.98 Å². The third-order valence-electron chi connectivity index (χ3n) is 2.92. The van der Waals surface area contributed by atoms with Gasteiger partial charge in [0.1, 0.15) is 5.82 Å². The number of carbonyl (C=O) groups excluding carboxylic acids is 1. The average Bonchev–Trinajstić information content (AvgIpc) is 3.00. The van der Waals surface area contributed by atoms with E-state index in [1.54, 1.807) is 6.20 Å². The Morgan fingerprint density at radius 1 is 1.57 bits per heavy atom. The molecule has 0 spiro atoms. The second-order valence-electron chi connectivity index (χ2n) is 3.80. The van der Waals surface area contributed by atoms with Gasteiger partial charge in [-0.25, -0.2) is 4.98 Å². The normalized spacial score (nSPS) is 17.5. The molecule has 1 aromatic rings. The number of aromatic nitrogens is 1. The summed E-state index contributed by atoms with van der Waals surface area (Å²) >= 11 is 0. The fourth-order valence-electron chi connectivity index (χ4n) is 1.58. The molecule has 1 fully saturated rings. The van der Waals surface area contributed by atoms with E-state index >= 15 is 0 Å². The molecule has 0 aliphatic heterocycles. The van der Waals surface area contributed by atoms with Crippen molar-refractivity contribution in [2.75, 3.05) is 5.32 Å². The van der Waals surface area contributed by atoms with Gasteiger partial charge in [-0.3, -0.25) is 4.79 Å². The predicted molar refractivity (Wildman–Crippen MR) is 54.8 cm³/mol. The molecule has 1 N–H and O–H groups in total. The Hall–Kier alpha value is -1.38. The first-order chi connectivity index (χ1) is 6.77. The van der Waals surface area contributed by atoms with Gasteiger partial charge in [-0.05, 0) is 31.4 Å². The second kappa shape index (κ2) is 3.40. The van der Waals surface area contributed by atoms with Crippen LogP contribution in [0.3, 0.4) is 0 Å². The summed E-state index contributed by atoms with van der Waals surface area (Å²) in [6.45, 7) is 2.06. The Balaban J connectivity index is 2.02. The van der Waals surface area contributed by atoms with Gasteiger partial charge in [-0.2, -0.15) is 0 Å². The van der Waals surface area contributed by atoms with Crippen molar-refractivity contribution in [2.24, 2.45) is 5.41 Å². The van der Waals surface area contributed by atoms with Crippen LogP contribution >= 0.6 is 0 Å². The van der Waals surface area contributed by atoms with Crippen molar-refractivity contribution in [3.8, 4) is 0 Å². The van der Waals surface area contributed by atoms with Crippen LogP contribution in [0.2, 0.25) is 0 Å². The summed E-state index contributed by atoms with van der Waals surface area (Å²) in [6, 6.07) is 5.51. The number of hydrogen-bond acceptors (Lipinski definition) is 2. The number of hydrogen-bond donors (Lipinski definition) is 1. The average molecular weight is 190 g/mol. The van der Waals surface area contributed by atoms with Gasteiger partial charge in [-0.15, -0.1) is 0 Å². The first-order valence-electron chi connectivity index (χ1n) is 4.99. The molecule has 74 valence electrons. The van der Waals surface area contributed by atoms with E-state index < -0.39 is 0 Å². The van der Waals surface area contributed by atoms with Crippen LogP contribution in [0.25, 0.3) is 0 Å². The van der Waals surface area contributed by atoms with E-state index in [1.807, 2.05) is 18.2 Å². The number of rotatable bonds is 3. The standard InChI is InChI=1S/C11H14N2O/c1-2-11(6-7-11)10(14)13-9-5-3-4-8-12-9/h3-5,8H,2,6-7H2,1H3,(H,12,13,14). The molecule has 1 heterocycles. The topological polar surface area (TPSA) is 42.0 Å². The van der Waals surface area contributed by atoms with Gasteiger partial charge in [0.15, 0.2) is 0 Å². The predicted octanol–water partition coefficient (Wildman–Crippen LogP) is 2.21. The molecule has 0 atom stereocenters. The molecule has 2 rings (SSSR count). The molecule has 1 aliphatic rings. The monoisotopic (exact) mass is 190 g/mol. The molecule has 0 unspecified atom stereocenters. The van der Waals surface area contributed by atoms with E-state index in [0.29, 0.717) is 5.82 Å². The SMILES string of the molecule is CCC1(C(=O)Nc2ccccn2)CC1. The maximum atomic E-state index is 11.8. The zero-order valence-corrected chi connectivity index (χ0v) is 8.29. The van der Waals surface area contributed by atoms with Crippen LogP contribution < -0.4 is 5.32 Å². The summed E-state index contributed by atoms with van der Waals surface area (Å²) in [6.07, 6.45) is 4.64. The summed E-state index contributed by atoms with van der Waals surface area (Å²) in [5.74, 6) is 0.774. The third kappa shape index (κ3) is 1.62. The van der Waals surface area contributed by atoms with E-state index in [2.05, 4.69) is 17.2 Å². The lowest BCUT2D eigenvalue weighted by molar-refractivity contribution is -0.121. The van der Waals surface area contributed by atoms with Crippen LogP contribution in [0.1, 0.15) is 26.2 Å². The molecule has 3 nitrogen and oxygen atoms in total. The second-order valence-corrected chi connectivity index (χ2v) is 3.80. The Morgan fingerprint density at radius 3 is 2.86 bits per heavy atom. The van der Waals surface area contributed by atoms with Gasteiger partial charge in [-0.1, -0.05) is 13.0 Å². The van der Waals surface area contributed by atoms with Crippen LogP contribution in [0.4, 0.5) is 5.82 Å². The fourth-order valence-corrected chi connectivity index (χ4v) is 1.58. The van der Waals surface area contributed by atoms with Crippen molar-refractivity contribution >= 4 is 11.7 Å². The van der Waals surface area contributed by atoms with Crippen LogP contribution in [0.5, 0.6) is 0 Å². The summed E-state index contributed by atoms with van der Waals surface area (Å²) in [5, 5.41) is 2.85. The summed E-state index contributed by atoms with van der Waals surface area (Å²) < 4.78 is 0. The highest BCUT2D eigenvalue weighted by molar-refractivity contribution is 5.96. The third-order valence-corrected chi connectivity index (χ3v) is 2.92. The molecule has 1 aliphatic carbocycles. The van der Waals surface area contributed by atoms with E-state index in [0.717, 1.165) is 19.3 Å². The summed E-state index contributed by atoms with van der Waals surface area (Å²) in [7, 11) is 0. The lowest BCUT2D eigenvalue weighted by atomic mass is 10.0. The Morgan fingerprint density at radius 2 is 2.36 bits per heavy atom. The minimum absolute atomic E-state index is 0.0858. The molecule has 1 saturated carbocycles. The zero-order chi connectivity index (χ0) is 10.0. The van der Waals surface area contributed by atoms with Gasteiger partial charge in [0.25, 0.3) is 0 Å². The van der Waals surface area contributed by atoms with Crippen LogP contribution in [-0.4, -0.2) is 10.9 Å². The number of pyridine rings is 1.